The van der Waals surface area contributed by atoms with Gasteiger partial charge in [0, 0.05) is 25.3 Å². The van der Waals surface area contributed by atoms with Crippen LogP contribution >= 0.6 is 0 Å². The van der Waals surface area contributed by atoms with E-state index in [0.717, 1.165) is 12.8 Å². The Morgan fingerprint density at radius 1 is 1.17 bits per heavy atom. The highest BCUT2D eigenvalue weighted by Gasteiger charge is 2.30. The molecule has 0 bridgehead atoms. The lowest BCUT2D eigenvalue weighted by atomic mass is 9.89. The zero-order valence-electron chi connectivity index (χ0n) is 13.4. The summed E-state index contributed by atoms with van der Waals surface area (Å²) in [5, 5.41) is 8.84. The van der Waals surface area contributed by atoms with Crippen molar-refractivity contribution in [3.05, 3.63) is 30.1 Å². The van der Waals surface area contributed by atoms with Crippen LogP contribution in [0.15, 0.2) is 24.3 Å². The van der Waals surface area contributed by atoms with Gasteiger partial charge in [0.05, 0.1) is 11.8 Å². The van der Waals surface area contributed by atoms with E-state index in [-0.39, 0.29) is 29.5 Å². The topological polar surface area (TPSA) is 70.2 Å². The van der Waals surface area contributed by atoms with Gasteiger partial charge in [0.25, 0.3) is 0 Å². The molecule has 23 heavy (non-hydrogen) atoms. The number of nitrogens with one attached hydrogen (secondary N) is 3. The molecule has 6 heteroatoms. The molecule has 0 unspecified atom stereocenters. The lowest BCUT2D eigenvalue weighted by molar-refractivity contribution is -0.127. The highest BCUT2D eigenvalue weighted by atomic mass is 19.1. The van der Waals surface area contributed by atoms with Gasteiger partial charge in [0.1, 0.15) is 5.82 Å². The summed E-state index contributed by atoms with van der Waals surface area (Å²) in [7, 11) is 0. The molecule has 1 aromatic carbocycles. The van der Waals surface area contributed by atoms with E-state index >= 15 is 0 Å². The van der Waals surface area contributed by atoms with Crippen LogP contribution in [-0.2, 0) is 9.59 Å². The molecule has 1 aromatic rings. The van der Waals surface area contributed by atoms with Crippen molar-refractivity contribution in [2.75, 3.05) is 25.0 Å². The quantitative estimate of drug-likeness (QED) is 0.701. The third-order valence-corrected chi connectivity index (χ3v) is 4.03. The number of carbonyl (C=O) groups is 2. The van der Waals surface area contributed by atoms with Gasteiger partial charge in [-0.25, -0.2) is 4.39 Å². The van der Waals surface area contributed by atoms with Crippen LogP contribution in [0.1, 0.15) is 26.2 Å². The number of rotatable bonds is 6. The molecular formula is C17H24FN3O2. The second-order valence-corrected chi connectivity index (χ2v) is 5.93. The number of piperidine rings is 1. The van der Waals surface area contributed by atoms with E-state index in [1.54, 1.807) is 0 Å². The maximum absolute atomic E-state index is 12.9. The van der Waals surface area contributed by atoms with Gasteiger partial charge in [-0.1, -0.05) is 13.3 Å². The number of amides is 2. The van der Waals surface area contributed by atoms with E-state index in [2.05, 4.69) is 22.9 Å². The predicted octanol–water partition coefficient (Wildman–Crippen LogP) is 1.91. The minimum absolute atomic E-state index is 0.00484. The lowest BCUT2D eigenvalue weighted by Gasteiger charge is -2.28. The fraction of sp³-hybridized carbons (Fsp3) is 0.529. The molecule has 1 aliphatic heterocycles. The Morgan fingerprint density at radius 2 is 1.83 bits per heavy atom. The van der Waals surface area contributed by atoms with E-state index in [9.17, 15) is 14.0 Å². The first-order valence-electron chi connectivity index (χ1n) is 8.15. The summed E-state index contributed by atoms with van der Waals surface area (Å²) in [5.41, 5.74) is 0.561. The Kier molecular flexibility index (Phi) is 6.52. The average Bonchev–Trinajstić information content (AvgIpc) is 2.57. The van der Waals surface area contributed by atoms with E-state index in [1.165, 1.54) is 24.3 Å². The average molecular weight is 321 g/mol. The van der Waals surface area contributed by atoms with Crippen LogP contribution in [0.25, 0.3) is 0 Å². The molecule has 0 aliphatic carbocycles. The largest absolute Gasteiger partial charge is 0.356 e. The number of carbonyl (C=O) groups excluding carboxylic acids is 2. The second-order valence-electron chi connectivity index (χ2n) is 5.93. The normalized spacial score (nSPS) is 20.8. The van der Waals surface area contributed by atoms with Gasteiger partial charge >= 0.3 is 0 Å². The smallest absolute Gasteiger partial charge is 0.228 e. The maximum atomic E-state index is 12.9. The first kappa shape index (κ1) is 17.4. The van der Waals surface area contributed by atoms with E-state index in [0.29, 0.717) is 31.7 Å². The van der Waals surface area contributed by atoms with Crippen molar-refractivity contribution in [3.63, 3.8) is 0 Å². The Bertz CT molecular complexity index is 533. The van der Waals surface area contributed by atoms with Crippen molar-refractivity contribution < 1.29 is 14.0 Å². The van der Waals surface area contributed by atoms with Crippen LogP contribution in [0.5, 0.6) is 0 Å². The third kappa shape index (κ3) is 5.32. The second kappa shape index (κ2) is 8.62. The van der Waals surface area contributed by atoms with Crippen molar-refractivity contribution in [3.8, 4) is 0 Å². The Labute approximate surface area is 136 Å². The molecular weight excluding hydrogens is 297 g/mol. The zero-order valence-corrected chi connectivity index (χ0v) is 13.4. The maximum Gasteiger partial charge on any atom is 0.228 e. The molecule has 0 saturated carbocycles. The van der Waals surface area contributed by atoms with Crippen molar-refractivity contribution in [2.24, 2.45) is 11.8 Å². The van der Waals surface area contributed by atoms with Crippen LogP contribution in [0.2, 0.25) is 0 Å². The Morgan fingerprint density at radius 3 is 2.48 bits per heavy atom. The molecule has 2 amide bonds. The van der Waals surface area contributed by atoms with Gasteiger partial charge in [0.2, 0.25) is 11.8 Å². The number of hydrogen-bond acceptors (Lipinski definition) is 3. The molecule has 1 heterocycles. The van der Waals surface area contributed by atoms with Gasteiger partial charge in [-0.15, -0.1) is 0 Å². The summed E-state index contributed by atoms with van der Waals surface area (Å²) in [5.74, 6) is -0.938. The SMILES string of the molecule is CCCCNC(=O)[C@@H]1CNC[C@H](C(=O)Nc2ccc(F)cc2)C1. The fourth-order valence-corrected chi connectivity index (χ4v) is 2.65. The summed E-state index contributed by atoms with van der Waals surface area (Å²) < 4.78 is 12.9. The van der Waals surface area contributed by atoms with E-state index in [4.69, 9.17) is 0 Å². The highest BCUT2D eigenvalue weighted by Crippen LogP contribution is 2.19. The zero-order chi connectivity index (χ0) is 16.7. The number of benzene rings is 1. The summed E-state index contributed by atoms with van der Waals surface area (Å²) >= 11 is 0. The van der Waals surface area contributed by atoms with Gasteiger partial charge in [-0.05, 0) is 37.1 Å². The molecule has 0 aromatic heterocycles. The van der Waals surface area contributed by atoms with Gasteiger partial charge in [-0.3, -0.25) is 9.59 Å². The van der Waals surface area contributed by atoms with Crippen LogP contribution in [-0.4, -0.2) is 31.4 Å². The fourth-order valence-electron chi connectivity index (χ4n) is 2.65. The van der Waals surface area contributed by atoms with E-state index in [1.807, 2.05) is 0 Å². The van der Waals surface area contributed by atoms with Crippen LogP contribution in [0, 0.1) is 17.7 Å². The van der Waals surface area contributed by atoms with Gasteiger partial charge < -0.3 is 16.0 Å². The molecule has 2 rings (SSSR count). The van der Waals surface area contributed by atoms with Crippen molar-refractivity contribution in [2.45, 2.75) is 26.2 Å². The summed E-state index contributed by atoms with van der Waals surface area (Å²) in [6.07, 6.45) is 2.52. The first-order chi connectivity index (χ1) is 11.1. The van der Waals surface area contributed by atoms with Gasteiger partial charge in [0.15, 0.2) is 0 Å². The van der Waals surface area contributed by atoms with E-state index < -0.39 is 0 Å². The predicted molar refractivity (Wildman–Crippen MR) is 87.4 cm³/mol. The van der Waals surface area contributed by atoms with Crippen molar-refractivity contribution >= 4 is 17.5 Å². The molecule has 3 N–H and O–H groups in total. The summed E-state index contributed by atoms with van der Waals surface area (Å²) in [4.78, 5) is 24.4. The molecule has 0 radical (unpaired) electrons. The highest BCUT2D eigenvalue weighted by molar-refractivity contribution is 5.93. The molecule has 126 valence electrons. The lowest BCUT2D eigenvalue weighted by Crippen LogP contribution is -2.47. The summed E-state index contributed by atoms with van der Waals surface area (Å²) in [6, 6.07) is 5.66. The Hall–Kier alpha value is -1.95. The van der Waals surface area contributed by atoms with Crippen molar-refractivity contribution in [1.82, 2.24) is 10.6 Å². The number of halogens is 1. The molecule has 1 fully saturated rings. The first-order valence-corrected chi connectivity index (χ1v) is 8.15. The van der Waals surface area contributed by atoms with Crippen LogP contribution in [0.4, 0.5) is 10.1 Å². The minimum atomic E-state index is -0.342. The molecule has 1 aliphatic rings. The molecule has 1 saturated heterocycles. The molecule has 2 atom stereocenters. The molecule has 5 nitrogen and oxygen atoms in total. The number of hydrogen-bond donors (Lipinski definition) is 3. The standard InChI is InChI=1S/C17H24FN3O2/c1-2-3-8-20-16(22)12-9-13(11-19-10-12)17(23)21-15-6-4-14(18)5-7-15/h4-7,12-13,19H,2-3,8-11H2,1H3,(H,20,22)(H,21,23)/t12-,13+/m0/s1. The third-order valence-electron chi connectivity index (χ3n) is 4.03. The molecule has 0 spiro atoms. The summed E-state index contributed by atoms with van der Waals surface area (Å²) in [6.45, 7) is 3.90. The Balaban J connectivity index is 1.85. The van der Waals surface area contributed by atoms with Gasteiger partial charge in [-0.2, -0.15) is 0 Å². The monoisotopic (exact) mass is 321 g/mol. The van der Waals surface area contributed by atoms with Crippen LogP contribution < -0.4 is 16.0 Å². The number of anilines is 1. The minimum Gasteiger partial charge on any atom is -0.356 e. The number of unbranched alkanes of at least 4 members (excludes halogenated alkanes) is 1. The van der Waals surface area contributed by atoms with Crippen LogP contribution in [0.3, 0.4) is 0 Å². The van der Waals surface area contributed by atoms with Crippen molar-refractivity contribution in [1.29, 1.82) is 0 Å².